The number of hydrogen-bond acceptors (Lipinski definition) is 5. The molecule has 0 spiro atoms. The molecule has 1 saturated carbocycles. The van der Waals surface area contributed by atoms with E-state index in [0.29, 0.717) is 24.6 Å². The molecule has 0 radical (unpaired) electrons. The van der Waals surface area contributed by atoms with Crippen LogP contribution in [0.4, 0.5) is 0 Å². The number of nitrogens with zero attached hydrogens (tertiary/aromatic N) is 4. The molecule has 2 aromatic heterocycles. The quantitative estimate of drug-likeness (QED) is 0.826. The maximum absolute atomic E-state index is 12.4. The first kappa shape index (κ1) is 17.0. The number of carbonyl (C=O) groups excluding carboxylic acids is 1. The van der Waals surface area contributed by atoms with Gasteiger partial charge in [-0.2, -0.15) is 10.2 Å². The topological polar surface area (TPSA) is 98.9 Å². The van der Waals surface area contributed by atoms with Crippen molar-refractivity contribution in [2.24, 2.45) is 13.0 Å². The third kappa shape index (κ3) is 3.32. The molecule has 1 aliphatic carbocycles. The van der Waals surface area contributed by atoms with Crippen LogP contribution in [0.2, 0.25) is 5.02 Å². The Labute approximate surface area is 144 Å². The van der Waals surface area contributed by atoms with Crippen LogP contribution in [0.5, 0.6) is 0 Å². The summed E-state index contributed by atoms with van der Waals surface area (Å²) in [4.78, 5) is 12.3. The second-order valence-electron chi connectivity index (χ2n) is 5.86. The van der Waals surface area contributed by atoms with Gasteiger partial charge >= 0.3 is 0 Å². The maximum atomic E-state index is 12.4. The number of rotatable bonds is 6. The molecule has 0 aliphatic heterocycles. The van der Waals surface area contributed by atoms with E-state index >= 15 is 0 Å². The van der Waals surface area contributed by atoms with Crippen molar-refractivity contribution in [2.75, 3.05) is 0 Å². The molecule has 2 aromatic rings. The highest BCUT2D eigenvalue weighted by Gasteiger charge is 2.27. The number of aromatic nitrogens is 4. The van der Waals surface area contributed by atoms with Crippen molar-refractivity contribution in [3.05, 3.63) is 28.8 Å². The van der Waals surface area contributed by atoms with Crippen molar-refractivity contribution in [1.29, 1.82) is 0 Å². The monoisotopic (exact) mass is 371 g/mol. The van der Waals surface area contributed by atoms with Crippen LogP contribution in [-0.4, -0.2) is 33.9 Å². The van der Waals surface area contributed by atoms with Crippen LogP contribution >= 0.6 is 11.6 Å². The van der Waals surface area contributed by atoms with Gasteiger partial charge in [0.1, 0.15) is 10.6 Å². The van der Waals surface area contributed by atoms with Crippen molar-refractivity contribution in [3.8, 4) is 0 Å². The summed E-state index contributed by atoms with van der Waals surface area (Å²) in [6.45, 7) is 2.54. The Kier molecular flexibility index (Phi) is 4.39. The van der Waals surface area contributed by atoms with Gasteiger partial charge in [0.15, 0.2) is 0 Å². The lowest BCUT2D eigenvalue weighted by atomic mass is 10.3. The highest BCUT2D eigenvalue weighted by Crippen LogP contribution is 2.30. The molecule has 1 N–H and O–H groups in total. The molecule has 1 aliphatic rings. The highest BCUT2D eigenvalue weighted by atomic mass is 35.5. The fourth-order valence-electron chi connectivity index (χ4n) is 2.40. The summed E-state index contributed by atoms with van der Waals surface area (Å²) in [6, 6.07) is 0. The average molecular weight is 372 g/mol. The third-order valence-corrected chi connectivity index (χ3v) is 5.58. The molecule has 8 nitrogen and oxygen atoms in total. The van der Waals surface area contributed by atoms with Gasteiger partial charge in [-0.25, -0.2) is 13.1 Å². The molecule has 0 atom stereocenters. The average Bonchev–Trinajstić information content (AvgIpc) is 3.08. The molecule has 1 fully saturated rings. The van der Waals surface area contributed by atoms with Gasteiger partial charge in [0.05, 0.1) is 16.9 Å². The first-order valence-corrected chi connectivity index (χ1v) is 9.49. The van der Waals surface area contributed by atoms with Crippen LogP contribution in [0.25, 0.3) is 0 Å². The zero-order valence-electron chi connectivity index (χ0n) is 13.4. The summed E-state index contributed by atoms with van der Waals surface area (Å²) in [5, 5.41) is 8.31. The Morgan fingerprint density at radius 1 is 1.46 bits per heavy atom. The summed E-state index contributed by atoms with van der Waals surface area (Å²) >= 11 is 6.11. The molecule has 130 valence electrons. The van der Waals surface area contributed by atoms with Gasteiger partial charge in [0.25, 0.3) is 15.9 Å². The summed E-state index contributed by atoms with van der Waals surface area (Å²) in [5.41, 5.74) is 0.557. The van der Waals surface area contributed by atoms with Crippen LogP contribution in [0, 0.1) is 5.92 Å². The van der Waals surface area contributed by atoms with Gasteiger partial charge in [0.2, 0.25) is 0 Å². The van der Waals surface area contributed by atoms with Gasteiger partial charge < -0.3 is 0 Å². The van der Waals surface area contributed by atoms with E-state index in [1.807, 2.05) is 11.6 Å². The largest absolute Gasteiger partial charge is 0.284 e. The van der Waals surface area contributed by atoms with Crippen LogP contribution in [0.15, 0.2) is 17.3 Å². The van der Waals surface area contributed by atoms with E-state index in [1.165, 1.54) is 17.1 Å². The fourth-order valence-corrected chi connectivity index (χ4v) is 3.69. The number of sulfonamides is 1. The fraction of sp³-hybridized carbons (Fsp3) is 0.500. The number of hydrogen-bond donors (Lipinski definition) is 1. The lowest BCUT2D eigenvalue weighted by molar-refractivity contribution is 0.0972. The van der Waals surface area contributed by atoms with Crippen molar-refractivity contribution in [3.63, 3.8) is 0 Å². The Hall–Kier alpha value is -1.87. The Morgan fingerprint density at radius 3 is 2.75 bits per heavy atom. The third-order valence-electron chi connectivity index (χ3n) is 3.89. The van der Waals surface area contributed by atoms with E-state index in [2.05, 4.69) is 10.2 Å². The van der Waals surface area contributed by atoms with E-state index in [1.54, 1.807) is 11.7 Å². The molecular formula is C14H18ClN5O3S. The SMILES string of the molecule is CCc1nn(C)c(C(=O)NS(=O)(=O)c2cnn(CC3CC3)c2)c1Cl. The molecule has 0 aromatic carbocycles. The standard InChI is InChI=1S/C14H18ClN5O3S/c1-3-11-12(15)13(19(2)17-11)14(21)18-24(22,23)10-6-16-20(8-10)7-9-4-5-9/h6,8-9H,3-5,7H2,1-2H3,(H,18,21). The maximum Gasteiger partial charge on any atom is 0.284 e. The summed E-state index contributed by atoms with van der Waals surface area (Å²) in [6.07, 6.45) is 5.48. The van der Waals surface area contributed by atoms with E-state index in [4.69, 9.17) is 11.6 Å². The van der Waals surface area contributed by atoms with Gasteiger partial charge in [-0.1, -0.05) is 18.5 Å². The van der Waals surface area contributed by atoms with Crippen LogP contribution in [-0.2, 0) is 30.0 Å². The normalized spacial score (nSPS) is 14.8. The number of halogens is 1. The Bertz CT molecular complexity index is 882. The summed E-state index contributed by atoms with van der Waals surface area (Å²) in [7, 11) is -2.47. The molecule has 1 amide bonds. The van der Waals surface area contributed by atoms with Crippen molar-refractivity contribution < 1.29 is 13.2 Å². The van der Waals surface area contributed by atoms with E-state index in [9.17, 15) is 13.2 Å². The molecule has 0 bridgehead atoms. The second-order valence-corrected chi connectivity index (χ2v) is 7.92. The predicted molar refractivity (Wildman–Crippen MR) is 87.2 cm³/mol. The molecular weight excluding hydrogens is 354 g/mol. The van der Waals surface area contributed by atoms with Crippen molar-refractivity contribution >= 4 is 27.5 Å². The molecule has 3 rings (SSSR count). The molecule has 0 saturated heterocycles. The van der Waals surface area contributed by atoms with Crippen LogP contribution in [0.3, 0.4) is 0 Å². The van der Waals surface area contributed by atoms with Gasteiger partial charge in [-0.3, -0.25) is 14.2 Å². The number of nitrogens with one attached hydrogen (secondary N) is 1. The Balaban J connectivity index is 1.79. The predicted octanol–water partition coefficient (Wildman–Crippen LogP) is 1.36. The van der Waals surface area contributed by atoms with Crippen LogP contribution < -0.4 is 4.72 Å². The first-order valence-electron chi connectivity index (χ1n) is 7.62. The Morgan fingerprint density at radius 2 is 2.17 bits per heavy atom. The summed E-state index contributed by atoms with van der Waals surface area (Å²) in [5.74, 6) is -0.250. The zero-order valence-corrected chi connectivity index (χ0v) is 14.9. The van der Waals surface area contributed by atoms with Crippen molar-refractivity contribution in [2.45, 2.75) is 37.6 Å². The number of carbonyl (C=O) groups is 1. The van der Waals surface area contributed by atoms with Gasteiger partial charge in [-0.15, -0.1) is 0 Å². The smallest absolute Gasteiger partial charge is 0.271 e. The molecule has 0 unspecified atom stereocenters. The van der Waals surface area contributed by atoms with Crippen molar-refractivity contribution in [1.82, 2.24) is 24.3 Å². The van der Waals surface area contributed by atoms with Gasteiger partial charge in [-0.05, 0) is 25.2 Å². The van der Waals surface area contributed by atoms with E-state index < -0.39 is 15.9 Å². The molecule has 2 heterocycles. The van der Waals surface area contributed by atoms with Crippen LogP contribution in [0.1, 0.15) is 35.9 Å². The summed E-state index contributed by atoms with van der Waals surface area (Å²) < 4.78 is 29.6. The minimum Gasteiger partial charge on any atom is -0.271 e. The van der Waals surface area contributed by atoms with E-state index in [0.717, 1.165) is 12.8 Å². The highest BCUT2D eigenvalue weighted by molar-refractivity contribution is 7.90. The minimum absolute atomic E-state index is 0.0162. The molecule has 10 heteroatoms. The zero-order chi connectivity index (χ0) is 17.5. The van der Waals surface area contributed by atoms with E-state index in [-0.39, 0.29) is 15.6 Å². The number of amides is 1. The first-order chi connectivity index (χ1) is 11.3. The van der Waals surface area contributed by atoms with Gasteiger partial charge in [0, 0.05) is 19.8 Å². The second kappa shape index (κ2) is 6.21. The lowest BCUT2D eigenvalue weighted by Crippen LogP contribution is -2.32. The number of aryl methyl sites for hydroxylation is 2. The lowest BCUT2D eigenvalue weighted by Gasteiger charge is -2.05. The molecule has 24 heavy (non-hydrogen) atoms. The minimum atomic E-state index is -4.02.